The minimum atomic E-state index is -4.40. The van der Waals surface area contributed by atoms with Gasteiger partial charge in [0.25, 0.3) is 5.91 Å². The zero-order valence-electron chi connectivity index (χ0n) is 74.7. The maximum absolute atomic E-state index is 13.5. The summed E-state index contributed by atoms with van der Waals surface area (Å²) in [4.78, 5) is 143. The fraction of sp³-hybridized carbons (Fsp3) is 0.655. The van der Waals surface area contributed by atoms with Crippen LogP contribution in [0.5, 0.6) is 0 Å². The highest BCUT2D eigenvalue weighted by Gasteiger charge is 2.51. The molecule has 2 saturated heterocycles. The molecular weight excluding hydrogens is 1560 g/mol. The maximum Gasteiger partial charge on any atom is 0.411 e. The van der Waals surface area contributed by atoms with Crippen LogP contribution in [0.3, 0.4) is 0 Å². The van der Waals surface area contributed by atoms with Crippen molar-refractivity contribution in [2.45, 2.75) is 322 Å². The van der Waals surface area contributed by atoms with Gasteiger partial charge in [-0.15, -0.1) is 0 Å². The Kier molecular flexibility index (Phi) is 46.5. The third kappa shape index (κ3) is 36.3. The molecule has 3 aromatic rings. The van der Waals surface area contributed by atoms with Crippen molar-refractivity contribution in [2.24, 2.45) is 17.8 Å². The number of aryl methyl sites for hydroxylation is 3. The molecule has 2 heterocycles. The Morgan fingerprint density at radius 3 is 1.51 bits per heavy atom. The number of rotatable bonds is 26. The number of likely N-dealkylation sites (N-methyl/N-ethyl adjacent to an activating group) is 2. The molecule has 16 atom stereocenters. The Morgan fingerprint density at radius 1 is 0.658 bits per heavy atom. The molecule has 0 radical (unpaired) electrons. The number of nitrogens with zero attached hydrogens (tertiary/aromatic N) is 4. The van der Waals surface area contributed by atoms with Crippen LogP contribution < -0.4 is 38.9 Å². The summed E-state index contributed by atoms with van der Waals surface area (Å²) < 4.78 is 58.7. The van der Waals surface area contributed by atoms with E-state index in [4.69, 9.17) is 37.1 Å². The van der Waals surface area contributed by atoms with E-state index in [0.717, 1.165) is 85.9 Å². The van der Waals surface area contributed by atoms with Gasteiger partial charge in [0, 0.05) is 57.9 Å². The van der Waals surface area contributed by atoms with Gasteiger partial charge < -0.3 is 92.8 Å². The Labute approximate surface area is 708 Å². The Bertz CT molecular complexity index is 3800. The third-order valence-corrected chi connectivity index (χ3v) is 20.9. The molecule has 2 fully saturated rings. The number of ether oxygens (including phenoxy) is 4. The lowest BCUT2D eigenvalue weighted by Crippen LogP contribution is -2.64. The van der Waals surface area contributed by atoms with E-state index in [-0.39, 0.29) is 66.3 Å². The standard InChI is InChI=1S/C31H49N3O7.C24H33N3O4.C13H24N2O6.C11H11N.C6H12O.C2H3F3O.2H3N/c1-19(40-8)16-17-23(29(38)32-25-15-11-13-22-12-9-10-14-24(22)25)18-26(36)27(21(3)35)33-28(37)20(2)34(7)30(39)41-31(4,5)6;1-4-14(2)22(28)26-21-15(3)31-20-13-12-19(27(20)24(21)30)23(29)25-18-11-7-9-16-8-5-6-10-17(16)18;1-7(15(6)12(20)21-13(3,4)5)10(17)14-9(8(2)16)11(18)19;1-12-11-8-4-6-9-5-2-3-7-10(9)11;1-6(2)4-3-5-7;3-2(4,5)1-6;;/h9-10,12,14,19-21,23,25,27,35H,11,13,15-18H2,1-8H3,(H,32,38)(H,33,37);5-6,8,10,14-15,18-21H,4,7,9,11-13H2,1-3H3,(H,25,29)(H,26,28);7-9,16H,1-6H3,(H,14,17)(H,18,19);2-3,5,7,11H,4,6,8H2;5-6H,3-4H2,1-2H3;6H,1H2;2*1H3/t19?,20-,21?,23?,25+,27-;14-,15-,18-,19?,20+,21+;7-,8+,9-;11-;;;;/m0101..../s1/i/hD. The van der Waals surface area contributed by atoms with Crippen LogP contribution in [0.4, 0.5) is 22.8 Å². The summed E-state index contributed by atoms with van der Waals surface area (Å²) >= 11 is 0. The first kappa shape index (κ1) is 107. The van der Waals surface area contributed by atoms with Crippen molar-refractivity contribution in [3.8, 4) is 0 Å². The number of carboxylic acids is 1. The van der Waals surface area contributed by atoms with Crippen molar-refractivity contribution >= 4 is 65.7 Å². The Morgan fingerprint density at radius 2 is 1.10 bits per heavy atom. The first-order valence-electron chi connectivity index (χ1n) is 41.5. The topological polar surface area (TPSA) is 450 Å². The smallest absolute Gasteiger partial charge is 0.411 e. The van der Waals surface area contributed by atoms with Crippen molar-refractivity contribution in [1.29, 1.82) is 0 Å². The summed E-state index contributed by atoms with van der Waals surface area (Å²) in [5.74, 6) is -4.07. The van der Waals surface area contributed by atoms with Crippen LogP contribution in [0.25, 0.3) is 4.85 Å². The predicted molar refractivity (Wildman–Crippen MR) is 449 cm³/mol. The number of halogens is 3. The average molecular weight is 1700 g/mol. The monoisotopic (exact) mass is 1700 g/mol. The number of carbonyl (C=O) groups is 11. The first-order chi connectivity index (χ1) is 56.1. The number of aliphatic carboxylic acids is 1. The van der Waals surface area contributed by atoms with Gasteiger partial charge in [0.2, 0.25) is 35.6 Å². The zero-order valence-corrected chi connectivity index (χ0v) is 73.7. The molecular formula is C87H138F3N11O19. The van der Waals surface area contributed by atoms with E-state index >= 15 is 0 Å². The number of alkyl halides is 3. The quantitative estimate of drug-likeness (QED) is 0.0263. The lowest BCUT2D eigenvalue weighted by atomic mass is 9.86. The molecule has 30 nitrogen and oxygen atoms in total. The number of hydrogen-bond acceptors (Lipinski definition) is 20. The van der Waals surface area contributed by atoms with Gasteiger partial charge in [-0.05, 0) is 207 Å². The molecule has 33 heteroatoms. The van der Waals surface area contributed by atoms with Crippen molar-refractivity contribution in [3.05, 3.63) is 118 Å². The van der Waals surface area contributed by atoms with Crippen LogP contribution in [-0.2, 0) is 81.4 Å². The number of aldehydes is 1. The maximum atomic E-state index is 13.5. The average Bonchev–Trinajstić information content (AvgIpc) is 1.66. The van der Waals surface area contributed by atoms with Gasteiger partial charge >= 0.3 is 24.3 Å². The number of nitrogens with one attached hydrogen (secondary N) is 5. The second kappa shape index (κ2) is 52.2. The molecule has 5 aliphatic rings. The Hall–Kier alpha value is -9.17. The van der Waals surface area contributed by atoms with E-state index in [1.54, 1.807) is 53.6 Å². The van der Waals surface area contributed by atoms with Crippen LogP contribution in [-0.4, -0.2) is 213 Å². The van der Waals surface area contributed by atoms with E-state index < -0.39 is 126 Å². The molecule has 8 rings (SSSR count). The van der Waals surface area contributed by atoms with Gasteiger partial charge in [-0.3, -0.25) is 43.4 Å². The van der Waals surface area contributed by atoms with Crippen molar-refractivity contribution in [2.75, 3.05) is 27.8 Å². The number of carboxylic acid groups (broad SMARTS) is 1. The molecule has 0 spiro atoms. The molecule has 8 amide bonds. The van der Waals surface area contributed by atoms with Gasteiger partial charge in [-0.25, -0.2) is 21.0 Å². The number of Topliss-reactive ketones (excluding diaryl/α,β-unsaturated/α-hetero) is 1. The van der Waals surface area contributed by atoms with Crippen LogP contribution in [0.15, 0.2) is 72.8 Å². The summed E-state index contributed by atoms with van der Waals surface area (Å²) in [7, 11) is 4.40. The van der Waals surface area contributed by atoms with Crippen LogP contribution in [0.1, 0.15) is 252 Å². The molecule has 3 aliphatic carbocycles. The van der Waals surface area contributed by atoms with Crippen molar-refractivity contribution in [3.63, 3.8) is 0 Å². The zero-order chi connectivity index (χ0) is 91.3. The lowest BCUT2D eigenvalue weighted by Gasteiger charge is -2.41. The number of aliphatic hydroxyl groups excluding tert-OH is 3. The molecule has 676 valence electrons. The number of carbonyl (C=O) groups excluding carboxylic acids is 10. The molecule has 0 aromatic heterocycles. The number of benzene rings is 3. The van der Waals surface area contributed by atoms with E-state index in [1.807, 2.05) is 64.1 Å². The van der Waals surface area contributed by atoms with Gasteiger partial charge in [-0.2, -0.15) is 13.2 Å². The Balaban J connectivity index is 0.000000803. The lowest BCUT2D eigenvalue weighted by molar-refractivity contribution is -0.179. The van der Waals surface area contributed by atoms with Gasteiger partial charge in [0.1, 0.15) is 61.9 Å². The van der Waals surface area contributed by atoms with Gasteiger partial charge in [-0.1, -0.05) is 100 Å². The van der Waals surface area contributed by atoms with Gasteiger partial charge in [0.05, 0.1) is 36.5 Å². The highest BCUT2D eigenvalue weighted by Crippen LogP contribution is 2.36. The fourth-order valence-electron chi connectivity index (χ4n) is 13.4. The molecule has 4 unspecified atom stereocenters. The van der Waals surface area contributed by atoms with E-state index in [9.17, 15) is 76.1 Å². The minimum Gasteiger partial charge on any atom is -0.480 e. The largest absolute Gasteiger partial charge is 0.480 e. The van der Waals surface area contributed by atoms with Crippen LogP contribution >= 0.6 is 0 Å². The van der Waals surface area contributed by atoms with Crippen LogP contribution in [0, 0.1) is 24.3 Å². The summed E-state index contributed by atoms with van der Waals surface area (Å²) in [5.41, 5.74) is 5.96. The number of methoxy groups -OCH3 is 1. The predicted octanol–water partition coefficient (Wildman–Crippen LogP) is 11.8. The highest BCUT2D eigenvalue weighted by molar-refractivity contribution is 5.96. The fourth-order valence-corrected chi connectivity index (χ4v) is 13.4. The molecule has 120 heavy (non-hydrogen) atoms. The van der Waals surface area contributed by atoms with Gasteiger partial charge in [0.15, 0.2) is 11.8 Å². The molecule has 2 aliphatic heterocycles. The second-order valence-corrected chi connectivity index (χ2v) is 33.2. The van der Waals surface area contributed by atoms with Crippen LogP contribution in [0.2, 0.25) is 1.41 Å². The van der Waals surface area contributed by atoms with Crippen molar-refractivity contribution in [1.82, 2.24) is 53.6 Å². The molecule has 0 saturated carbocycles. The number of ketones is 1. The number of amides is 8. The minimum absolute atomic E-state index is 0. The first-order valence-corrected chi connectivity index (χ1v) is 40.9. The normalized spacial score (nSPS) is 20.4. The number of fused-ring (bicyclic) bond motifs is 4. The second-order valence-electron chi connectivity index (χ2n) is 33.2. The summed E-state index contributed by atoms with van der Waals surface area (Å²) in [6.07, 6.45) is 9.03. The SMILES string of the molecule is CC(C)CCC=O.CC[C@@H](C)C(=O)N[C@@H]1C(=O)N2C(C(=O)N[C@@H]3CCCc4ccccc43)CC[C@@H]2O[C@@H]1C.COC(C)CCC(CC(=O)[C@@H](NC(=O)[C@H](C)N(C)C(=O)OC(C)(C)C)C(C)O)C(=O)N[C@@H]1CCCc2ccccc21.C[C@@H](O)[C@H](NC(=O)[C@H](C)N(C)C(=O)OC(C)(C)C)C(=O)O.N.OCC(F)(F)F.[2H]N.[C-]#[N+][C@@H]1CCCc2ccccc21. The molecule has 3 aromatic carbocycles. The molecule has 15 N–H and O–H groups in total. The summed E-state index contributed by atoms with van der Waals surface area (Å²) in [5, 5.41) is 49.9. The number of hydrogen-bond donors (Lipinski definition) is 11. The van der Waals surface area contributed by atoms with E-state index in [2.05, 4.69) is 87.8 Å². The van der Waals surface area contributed by atoms with E-state index in [0.29, 0.717) is 38.0 Å². The van der Waals surface area contributed by atoms with Crippen molar-refractivity contribution < 1.29 is 107 Å². The molecule has 0 bridgehead atoms. The number of aliphatic hydroxyl groups is 3. The summed E-state index contributed by atoms with van der Waals surface area (Å²) in [6, 6.07) is 18.7. The highest BCUT2D eigenvalue weighted by atomic mass is 19.4. The summed E-state index contributed by atoms with van der Waals surface area (Å²) in [6.45, 7) is 32.9. The third-order valence-electron chi connectivity index (χ3n) is 20.9. The van der Waals surface area contributed by atoms with E-state index in [1.165, 1.54) is 76.0 Å².